The molecule has 6 nitrogen and oxygen atoms in total. The highest BCUT2D eigenvalue weighted by molar-refractivity contribution is 5.83. The van der Waals surface area contributed by atoms with E-state index in [1.165, 1.54) is 6.42 Å². The third-order valence-electron chi connectivity index (χ3n) is 5.54. The van der Waals surface area contributed by atoms with E-state index >= 15 is 0 Å². The summed E-state index contributed by atoms with van der Waals surface area (Å²) in [5.74, 6) is 0.856. The summed E-state index contributed by atoms with van der Waals surface area (Å²) < 4.78 is 5.31. The molecule has 136 valence electrons. The molecule has 1 saturated heterocycles. The number of methoxy groups -OCH3 is 1. The zero-order valence-electron chi connectivity index (χ0n) is 14.7. The van der Waals surface area contributed by atoms with Crippen molar-refractivity contribution in [2.45, 2.75) is 50.7 Å². The largest absolute Gasteiger partial charge is 0.496 e. The van der Waals surface area contributed by atoms with Gasteiger partial charge in [-0.2, -0.15) is 0 Å². The van der Waals surface area contributed by atoms with Crippen molar-refractivity contribution in [3.05, 3.63) is 29.8 Å². The van der Waals surface area contributed by atoms with Gasteiger partial charge in [0.05, 0.1) is 19.7 Å². The number of likely N-dealkylation sites (tertiary alicyclic amines) is 1. The number of para-hydroxylation sites is 1. The van der Waals surface area contributed by atoms with E-state index in [4.69, 9.17) is 10.5 Å². The van der Waals surface area contributed by atoms with Gasteiger partial charge in [-0.1, -0.05) is 31.0 Å². The molecule has 1 aliphatic carbocycles. The Morgan fingerprint density at radius 2 is 2.04 bits per heavy atom. The fraction of sp³-hybridized carbons (Fsp3) is 0.579. The normalized spacial score (nSPS) is 26.0. The average molecular weight is 345 g/mol. The number of benzene rings is 1. The quantitative estimate of drug-likeness (QED) is 0.817. The van der Waals surface area contributed by atoms with E-state index in [0.717, 1.165) is 37.0 Å². The fourth-order valence-electron chi connectivity index (χ4n) is 4.32. The van der Waals surface area contributed by atoms with Crippen molar-refractivity contribution in [3.8, 4) is 5.75 Å². The summed E-state index contributed by atoms with van der Waals surface area (Å²) in [5, 5.41) is 2.94. The minimum Gasteiger partial charge on any atom is -0.496 e. The third kappa shape index (κ3) is 3.95. The zero-order chi connectivity index (χ0) is 17.8. The van der Waals surface area contributed by atoms with Crippen LogP contribution < -0.4 is 15.8 Å². The van der Waals surface area contributed by atoms with Crippen molar-refractivity contribution in [1.29, 1.82) is 0 Å². The monoisotopic (exact) mass is 345 g/mol. The first-order chi connectivity index (χ1) is 12.1. The molecule has 2 fully saturated rings. The predicted octanol–water partition coefficient (Wildman–Crippen LogP) is 1.43. The van der Waals surface area contributed by atoms with Gasteiger partial charge in [0.15, 0.2) is 0 Å². The molecule has 0 bridgehead atoms. The lowest BCUT2D eigenvalue weighted by Crippen LogP contribution is -2.49. The molecule has 3 atom stereocenters. The van der Waals surface area contributed by atoms with Crippen LogP contribution in [0.2, 0.25) is 0 Å². The molecule has 3 rings (SSSR count). The standard InChI is InChI=1S/C19H27N3O3/c1-25-17-9-5-3-7-14(17)11-21-18(23)12-22-15-8-4-2-6-13(15)10-16(22)19(20)24/h3,5,7,9,13,15-16H,2,4,6,8,10-12H2,1H3,(H2,20,24)(H,21,23). The number of amides is 2. The van der Waals surface area contributed by atoms with Crippen LogP contribution in [0.15, 0.2) is 24.3 Å². The Balaban J connectivity index is 1.61. The van der Waals surface area contributed by atoms with E-state index in [1.54, 1.807) is 7.11 Å². The highest BCUT2D eigenvalue weighted by atomic mass is 16.5. The topological polar surface area (TPSA) is 84.7 Å². The molecule has 1 aromatic carbocycles. The van der Waals surface area contributed by atoms with Crippen LogP contribution in [0.4, 0.5) is 0 Å². The summed E-state index contributed by atoms with van der Waals surface area (Å²) in [6.45, 7) is 0.635. The summed E-state index contributed by atoms with van der Waals surface area (Å²) in [7, 11) is 1.62. The maximum absolute atomic E-state index is 12.5. The molecule has 3 unspecified atom stereocenters. The van der Waals surface area contributed by atoms with Crippen molar-refractivity contribution in [3.63, 3.8) is 0 Å². The summed E-state index contributed by atoms with van der Waals surface area (Å²) in [6, 6.07) is 7.61. The van der Waals surface area contributed by atoms with Crippen LogP contribution in [0.1, 0.15) is 37.7 Å². The lowest BCUT2D eigenvalue weighted by molar-refractivity contribution is -0.126. The Labute approximate surface area is 148 Å². The number of primary amides is 1. The van der Waals surface area contributed by atoms with E-state index in [1.807, 2.05) is 29.2 Å². The lowest BCUT2D eigenvalue weighted by Gasteiger charge is -2.32. The second-order valence-corrected chi connectivity index (χ2v) is 7.03. The Kier molecular flexibility index (Phi) is 5.58. The number of fused-ring (bicyclic) bond motifs is 1. The van der Waals surface area contributed by atoms with Gasteiger partial charge in [0.1, 0.15) is 5.75 Å². The van der Waals surface area contributed by atoms with Gasteiger partial charge in [-0.05, 0) is 31.2 Å². The Hall–Kier alpha value is -2.08. The summed E-state index contributed by atoms with van der Waals surface area (Å²) in [5.41, 5.74) is 6.52. The van der Waals surface area contributed by atoms with Crippen molar-refractivity contribution in [2.24, 2.45) is 11.7 Å². The molecule has 6 heteroatoms. The lowest BCUT2D eigenvalue weighted by atomic mass is 9.84. The first-order valence-corrected chi connectivity index (χ1v) is 9.03. The molecule has 1 heterocycles. The van der Waals surface area contributed by atoms with E-state index in [0.29, 0.717) is 18.5 Å². The van der Waals surface area contributed by atoms with Crippen LogP contribution in [-0.4, -0.2) is 42.5 Å². The van der Waals surface area contributed by atoms with Gasteiger partial charge < -0.3 is 15.8 Å². The summed E-state index contributed by atoms with van der Waals surface area (Å²) >= 11 is 0. The molecule has 2 amide bonds. The Morgan fingerprint density at radius 1 is 1.28 bits per heavy atom. The van der Waals surface area contributed by atoms with Crippen LogP contribution in [0.25, 0.3) is 0 Å². The SMILES string of the molecule is COc1ccccc1CNC(=O)CN1C(C(N)=O)CC2CCCCC21. The molecular weight excluding hydrogens is 318 g/mol. The van der Waals surface area contributed by atoms with Gasteiger partial charge in [-0.3, -0.25) is 14.5 Å². The number of nitrogens with two attached hydrogens (primary N) is 1. The van der Waals surface area contributed by atoms with Crippen LogP contribution in [0, 0.1) is 5.92 Å². The van der Waals surface area contributed by atoms with Crippen molar-refractivity contribution >= 4 is 11.8 Å². The number of hydrogen-bond acceptors (Lipinski definition) is 4. The molecule has 1 aliphatic heterocycles. The smallest absolute Gasteiger partial charge is 0.234 e. The molecule has 25 heavy (non-hydrogen) atoms. The highest BCUT2D eigenvalue weighted by Gasteiger charge is 2.44. The minimum atomic E-state index is -0.315. The van der Waals surface area contributed by atoms with Crippen molar-refractivity contribution < 1.29 is 14.3 Å². The fourth-order valence-corrected chi connectivity index (χ4v) is 4.32. The first-order valence-electron chi connectivity index (χ1n) is 9.03. The van der Waals surface area contributed by atoms with Gasteiger partial charge in [-0.15, -0.1) is 0 Å². The molecule has 1 saturated carbocycles. The Morgan fingerprint density at radius 3 is 2.80 bits per heavy atom. The molecule has 0 spiro atoms. The van der Waals surface area contributed by atoms with Crippen molar-refractivity contribution in [2.75, 3.05) is 13.7 Å². The molecule has 3 N–H and O–H groups in total. The Bertz CT molecular complexity index is 634. The number of rotatable bonds is 6. The predicted molar refractivity (Wildman–Crippen MR) is 94.9 cm³/mol. The van der Waals surface area contributed by atoms with Crippen molar-refractivity contribution in [1.82, 2.24) is 10.2 Å². The van der Waals surface area contributed by atoms with Gasteiger partial charge >= 0.3 is 0 Å². The molecule has 0 aromatic heterocycles. The number of ether oxygens (including phenoxy) is 1. The van der Waals surface area contributed by atoms with Gasteiger partial charge in [0, 0.05) is 18.2 Å². The van der Waals surface area contributed by atoms with Gasteiger partial charge in [0.2, 0.25) is 11.8 Å². The number of carbonyl (C=O) groups is 2. The molecular formula is C19H27N3O3. The van der Waals surface area contributed by atoms with E-state index in [9.17, 15) is 9.59 Å². The molecule has 0 radical (unpaired) electrons. The number of nitrogens with zero attached hydrogens (tertiary/aromatic N) is 1. The van der Waals surface area contributed by atoms with Crippen LogP contribution in [0.5, 0.6) is 5.75 Å². The summed E-state index contributed by atoms with van der Waals surface area (Å²) in [4.78, 5) is 26.3. The average Bonchev–Trinajstić information content (AvgIpc) is 2.99. The highest BCUT2D eigenvalue weighted by Crippen LogP contribution is 2.39. The maximum Gasteiger partial charge on any atom is 0.234 e. The second kappa shape index (κ2) is 7.87. The van der Waals surface area contributed by atoms with Gasteiger partial charge in [0.25, 0.3) is 0 Å². The molecule has 2 aliphatic rings. The minimum absolute atomic E-state index is 0.0802. The van der Waals surface area contributed by atoms with E-state index < -0.39 is 0 Å². The maximum atomic E-state index is 12.5. The van der Waals surface area contributed by atoms with E-state index in [2.05, 4.69) is 5.32 Å². The zero-order valence-corrected chi connectivity index (χ0v) is 14.7. The van der Waals surface area contributed by atoms with Gasteiger partial charge in [-0.25, -0.2) is 0 Å². The number of hydrogen-bond donors (Lipinski definition) is 2. The second-order valence-electron chi connectivity index (χ2n) is 7.03. The van der Waals surface area contributed by atoms with Crippen LogP contribution in [-0.2, 0) is 16.1 Å². The molecule has 1 aromatic rings. The number of nitrogens with one attached hydrogen (secondary N) is 1. The first kappa shape index (κ1) is 17.7. The summed E-state index contributed by atoms with van der Waals surface area (Å²) in [6.07, 6.45) is 5.34. The number of carbonyl (C=O) groups excluding carboxylic acids is 2. The third-order valence-corrected chi connectivity index (χ3v) is 5.54. The van der Waals surface area contributed by atoms with Crippen LogP contribution >= 0.6 is 0 Å². The van der Waals surface area contributed by atoms with Crippen LogP contribution in [0.3, 0.4) is 0 Å². The van der Waals surface area contributed by atoms with E-state index in [-0.39, 0.29) is 24.4 Å².